The van der Waals surface area contributed by atoms with Gasteiger partial charge in [-0.25, -0.2) is 9.78 Å². The lowest BCUT2D eigenvalue weighted by molar-refractivity contribution is 0.0693. The Kier molecular flexibility index (Phi) is 3.33. The Morgan fingerprint density at radius 3 is 2.94 bits per heavy atom. The summed E-state index contributed by atoms with van der Waals surface area (Å²) < 4.78 is 1.65. The highest BCUT2D eigenvalue weighted by Crippen LogP contribution is 2.30. The van der Waals surface area contributed by atoms with Crippen molar-refractivity contribution in [3.8, 4) is 0 Å². The number of pyridine rings is 1. The maximum atomic E-state index is 11.2. The highest BCUT2D eigenvalue weighted by atomic mass is 32.2. The monoisotopic (exact) mass is 251 g/mol. The van der Waals surface area contributed by atoms with E-state index < -0.39 is 5.97 Å². The molecule has 0 saturated heterocycles. The van der Waals surface area contributed by atoms with E-state index in [2.05, 4.69) is 17.0 Å². The average molecular weight is 251 g/mol. The molecule has 2 aromatic rings. The molecule has 2 aromatic heterocycles. The van der Waals surface area contributed by atoms with Gasteiger partial charge in [0, 0.05) is 18.1 Å². The molecule has 0 bridgehead atoms. The summed E-state index contributed by atoms with van der Waals surface area (Å²) in [5, 5.41) is 14.1. The Morgan fingerprint density at radius 1 is 1.53 bits per heavy atom. The van der Waals surface area contributed by atoms with Gasteiger partial charge in [-0.15, -0.1) is 11.8 Å². The van der Waals surface area contributed by atoms with Crippen molar-refractivity contribution < 1.29 is 9.90 Å². The highest BCUT2D eigenvalue weighted by Gasteiger charge is 2.16. The van der Waals surface area contributed by atoms with Crippen LogP contribution in [-0.2, 0) is 7.05 Å². The molecule has 2 rings (SSSR count). The largest absolute Gasteiger partial charge is 0.478 e. The molecule has 0 unspecified atom stereocenters. The van der Waals surface area contributed by atoms with Gasteiger partial charge < -0.3 is 5.11 Å². The van der Waals surface area contributed by atoms with Crippen molar-refractivity contribution in [1.82, 2.24) is 14.8 Å². The van der Waals surface area contributed by atoms with Gasteiger partial charge in [0.2, 0.25) is 0 Å². The molecule has 1 N–H and O–H groups in total. The number of carbonyl (C=O) groups is 1. The fourth-order valence-corrected chi connectivity index (χ4v) is 2.59. The van der Waals surface area contributed by atoms with Crippen LogP contribution in [0.1, 0.15) is 23.7 Å². The van der Waals surface area contributed by atoms with Gasteiger partial charge in [0.05, 0.1) is 17.1 Å². The molecule has 0 atom stereocenters. The summed E-state index contributed by atoms with van der Waals surface area (Å²) in [5.41, 5.74) is 0.970. The summed E-state index contributed by atoms with van der Waals surface area (Å²) in [6.45, 7) is 2.06. The number of carboxylic acid groups (broad SMARTS) is 1. The zero-order valence-corrected chi connectivity index (χ0v) is 10.5. The molecule has 0 amide bonds. The van der Waals surface area contributed by atoms with E-state index in [0.717, 1.165) is 22.5 Å². The van der Waals surface area contributed by atoms with Crippen LogP contribution in [0.25, 0.3) is 11.0 Å². The van der Waals surface area contributed by atoms with Crippen LogP contribution in [0, 0.1) is 0 Å². The zero-order chi connectivity index (χ0) is 12.4. The maximum Gasteiger partial charge on any atom is 0.338 e. The van der Waals surface area contributed by atoms with Crippen molar-refractivity contribution in [2.75, 3.05) is 5.75 Å². The number of rotatable bonds is 4. The van der Waals surface area contributed by atoms with Crippen molar-refractivity contribution in [2.45, 2.75) is 18.2 Å². The van der Waals surface area contributed by atoms with Crippen molar-refractivity contribution in [3.63, 3.8) is 0 Å². The minimum atomic E-state index is -0.943. The predicted octanol–water partition coefficient (Wildman–Crippen LogP) is 2.17. The molecule has 0 fully saturated rings. The first kappa shape index (κ1) is 11.9. The second kappa shape index (κ2) is 4.75. The van der Waals surface area contributed by atoms with Crippen LogP contribution >= 0.6 is 11.8 Å². The van der Waals surface area contributed by atoms with Gasteiger partial charge in [0.25, 0.3) is 0 Å². The molecular weight excluding hydrogens is 238 g/mol. The molecule has 0 aromatic carbocycles. The Morgan fingerprint density at radius 2 is 2.29 bits per heavy atom. The number of hydrogen-bond donors (Lipinski definition) is 1. The Labute approximate surface area is 103 Å². The summed E-state index contributed by atoms with van der Waals surface area (Å²) in [6.07, 6.45) is 4.07. The summed E-state index contributed by atoms with van der Waals surface area (Å²) in [6, 6.07) is 0. The molecule has 5 nitrogen and oxygen atoms in total. The average Bonchev–Trinajstić information content (AvgIpc) is 2.68. The molecule has 17 heavy (non-hydrogen) atoms. The Balaban J connectivity index is 2.62. The summed E-state index contributed by atoms with van der Waals surface area (Å²) in [5.74, 6) is -0.0595. The number of fused-ring (bicyclic) bond motifs is 1. The number of carboxylic acids is 1. The molecule has 0 aliphatic rings. The lowest BCUT2D eigenvalue weighted by Crippen LogP contribution is -2.02. The maximum absolute atomic E-state index is 11.2. The molecule has 0 spiro atoms. The van der Waals surface area contributed by atoms with Gasteiger partial charge in [-0.3, -0.25) is 4.68 Å². The lowest BCUT2D eigenvalue weighted by atomic mass is 10.2. The first-order valence-electron chi connectivity index (χ1n) is 5.32. The molecule has 0 aliphatic heterocycles. The van der Waals surface area contributed by atoms with Crippen LogP contribution < -0.4 is 0 Å². The summed E-state index contributed by atoms with van der Waals surface area (Å²) in [7, 11) is 1.80. The van der Waals surface area contributed by atoms with Crippen molar-refractivity contribution in [3.05, 3.63) is 18.0 Å². The normalized spacial score (nSPS) is 10.9. The predicted molar refractivity (Wildman–Crippen MR) is 66.5 cm³/mol. The van der Waals surface area contributed by atoms with E-state index in [1.165, 1.54) is 6.20 Å². The van der Waals surface area contributed by atoms with Crippen LogP contribution in [0.15, 0.2) is 17.3 Å². The minimum absolute atomic E-state index is 0.254. The number of aromatic nitrogens is 3. The third-order valence-electron chi connectivity index (χ3n) is 2.39. The molecule has 90 valence electrons. The van der Waals surface area contributed by atoms with Gasteiger partial charge in [-0.05, 0) is 12.2 Å². The van der Waals surface area contributed by atoms with E-state index in [-0.39, 0.29) is 5.56 Å². The first-order valence-corrected chi connectivity index (χ1v) is 6.30. The second-order valence-corrected chi connectivity index (χ2v) is 4.77. The summed E-state index contributed by atoms with van der Waals surface area (Å²) >= 11 is 1.54. The van der Waals surface area contributed by atoms with Crippen LogP contribution in [0.3, 0.4) is 0 Å². The van der Waals surface area contributed by atoms with Gasteiger partial charge in [0.1, 0.15) is 0 Å². The minimum Gasteiger partial charge on any atom is -0.478 e. The van der Waals surface area contributed by atoms with Gasteiger partial charge >= 0.3 is 5.97 Å². The van der Waals surface area contributed by atoms with Crippen LogP contribution in [0.5, 0.6) is 0 Å². The molecule has 0 radical (unpaired) electrons. The summed E-state index contributed by atoms with van der Waals surface area (Å²) in [4.78, 5) is 16.1. The number of hydrogen-bond acceptors (Lipinski definition) is 4. The lowest BCUT2D eigenvalue weighted by Gasteiger charge is -2.06. The SMILES string of the molecule is CCCSc1c(C(=O)O)cnc2c1cnn2C. The number of aryl methyl sites for hydroxylation is 1. The molecule has 2 heterocycles. The van der Waals surface area contributed by atoms with E-state index in [1.807, 2.05) is 0 Å². The van der Waals surface area contributed by atoms with E-state index >= 15 is 0 Å². The van der Waals surface area contributed by atoms with Crippen LogP contribution in [0.4, 0.5) is 0 Å². The van der Waals surface area contributed by atoms with Crippen LogP contribution in [-0.4, -0.2) is 31.6 Å². The van der Waals surface area contributed by atoms with Gasteiger partial charge in [-0.2, -0.15) is 5.10 Å². The van der Waals surface area contributed by atoms with Crippen molar-refractivity contribution in [1.29, 1.82) is 0 Å². The highest BCUT2D eigenvalue weighted by molar-refractivity contribution is 7.99. The molecule has 0 saturated carbocycles. The number of nitrogens with zero attached hydrogens (tertiary/aromatic N) is 3. The molecule has 6 heteroatoms. The van der Waals surface area contributed by atoms with Gasteiger partial charge in [-0.1, -0.05) is 6.92 Å². The second-order valence-electron chi connectivity index (χ2n) is 3.66. The fourth-order valence-electron chi connectivity index (χ4n) is 1.59. The van der Waals surface area contributed by atoms with Crippen LogP contribution in [0.2, 0.25) is 0 Å². The number of aromatic carboxylic acids is 1. The number of thioether (sulfide) groups is 1. The van der Waals surface area contributed by atoms with E-state index in [4.69, 9.17) is 5.11 Å². The zero-order valence-electron chi connectivity index (χ0n) is 9.67. The fraction of sp³-hybridized carbons (Fsp3) is 0.364. The quantitative estimate of drug-likeness (QED) is 0.843. The van der Waals surface area contributed by atoms with Gasteiger partial charge in [0.15, 0.2) is 5.65 Å². The standard InChI is InChI=1S/C11H13N3O2S/c1-3-4-17-9-7-6-13-14(2)10(7)12-5-8(9)11(15)16/h5-6H,3-4H2,1-2H3,(H,15,16). The van der Waals surface area contributed by atoms with E-state index in [0.29, 0.717) is 5.65 Å². The smallest absolute Gasteiger partial charge is 0.338 e. The first-order chi connectivity index (χ1) is 8.15. The van der Waals surface area contributed by atoms with Crippen molar-refractivity contribution in [2.24, 2.45) is 7.05 Å². The van der Waals surface area contributed by atoms with E-state index in [9.17, 15) is 4.79 Å². The third-order valence-corrected chi connectivity index (χ3v) is 3.73. The third kappa shape index (κ3) is 2.12. The molecular formula is C11H13N3O2S. The molecule has 0 aliphatic carbocycles. The Bertz CT molecular complexity index is 565. The van der Waals surface area contributed by atoms with E-state index in [1.54, 1.807) is 29.7 Å². The topological polar surface area (TPSA) is 68.0 Å². The Hall–Kier alpha value is -1.56. The van der Waals surface area contributed by atoms with Crippen molar-refractivity contribution >= 4 is 28.8 Å².